The molecule has 1 atom stereocenters. The third-order valence-electron chi connectivity index (χ3n) is 2.96. The first-order valence-electron chi connectivity index (χ1n) is 6.48. The largest absolute Gasteiger partial charge is 0.497 e. The molecule has 0 fully saturated rings. The summed E-state index contributed by atoms with van der Waals surface area (Å²) in [6.07, 6.45) is 3.01. The monoisotopic (exact) mass is 261 g/mol. The molecular formula is C14H19N3O2. The minimum Gasteiger partial charge on any atom is -0.497 e. The lowest BCUT2D eigenvalue weighted by Crippen LogP contribution is -2.10. The van der Waals surface area contributed by atoms with Crippen molar-refractivity contribution < 1.29 is 9.26 Å². The number of rotatable bonds is 6. The third kappa shape index (κ3) is 3.32. The highest BCUT2D eigenvalue weighted by atomic mass is 16.5. The molecule has 2 rings (SSSR count). The zero-order valence-corrected chi connectivity index (χ0v) is 11.3. The van der Waals surface area contributed by atoms with Crippen LogP contribution in [0, 0.1) is 0 Å². The fourth-order valence-corrected chi connectivity index (χ4v) is 1.81. The second kappa shape index (κ2) is 6.33. The lowest BCUT2D eigenvalue weighted by atomic mass is 10.1. The summed E-state index contributed by atoms with van der Waals surface area (Å²) >= 11 is 0. The molecule has 2 aromatic rings. The second-order valence-electron chi connectivity index (χ2n) is 4.44. The first kappa shape index (κ1) is 13.5. The van der Waals surface area contributed by atoms with Gasteiger partial charge in [-0.1, -0.05) is 37.1 Å². The van der Waals surface area contributed by atoms with Gasteiger partial charge in [0.05, 0.1) is 13.2 Å². The molecule has 5 heteroatoms. The van der Waals surface area contributed by atoms with E-state index in [0.717, 1.165) is 30.6 Å². The normalized spacial score (nSPS) is 12.4. The number of aromatic nitrogens is 2. The minimum absolute atomic E-state index is 0.188. The van der Waals surface area contributed by atoms with Crippen LogP contribution < -0.4 is 10.5 Å². The third-order valence-corrected chi connectivity index (χ3v) is 2.96. The molecule has 0 aliphatic carbocycles. The Morgan fingerprint density at radius 1 is 1.42 bits per heavy atom. The van der Waals surface area contributed by atoms with E-state index in [1.54, 1.807) is 7.11 Å². The van der Waals surface area contributed by atoms with Crippen LogP contribution in [0.4, 0.5) is 0 Å². The van der Waals surface area contributed by atoms with Crippen molar-refractivity contribution in [3.8, 4) is 17.1 Å². The van der Waals surface area contributed by atoms with Crippen LogP contribution in [0.15, 0.2) is 28.8 Å². The van der Waals surface area contributed by atoms with Gasteiger partial charge in [0.2, 0.25) is 11.7 Å². The van der Waals surface area contributed by atoms with E-state index in [-0.39, 0.29) is 6.04 Å². The molecule has 0 saturated heterocycles. The fourth-order valence-electron chi connectivity index (χ4n) is 1.81. The predicted octanol–water partition coefficient (Wildman–Crippen LogP) is 2.94. The molecule has 0 bridgehead atoms. The number of ether oxygens (including phenoxy) is 1. The summed E-state index contributed by atoms with van der Waals surface area (Å²) in [6.45, 7) is 2.13. The molecular weight excluding hydrogens is 242 g/mol. The van der Waals surface area contributed by atoms with Crippen molar-refractivity contribution in [3.05, 3.63) is 30.2 Å². The van der Waals surface area contributed by atoms with Crippen molar-refractivity contribution in [1.82, 2.24) is 10.1 Å². The Bertz CT molecular complexity index is 525. The van der Waals surface area contributed by atoms with Gasteiger partial charge in [-0.2, -0.15) is 4.98 Å². The molecule has 5 nitrogen and oxygen atoms in total. The molecule has 0 aliphatic rings. The maximum Gasteiger partial charge on any atom is 0.243 e. The van der Waals surface area contributed by atoms with Crippen molar-refractivity contribution in [2.24, 2.45) is 5.73 Å². The maximum absolute atomic E-state index is 6.01. The topological polar surface area (TPSA) is 74.2 Å². The number of benzene rings is 1. The molecule has 0 amide bonds. The summed E-state index contributed by atoms with van der Waals surface area (Å²) in [6, 6.07) is 7.35. The van der Waals surface area contributed by atoms with E-state index in [1.165, 1.54) is 0 Å². The lowest BCUT2D eigenvalue weighted by molar-refractivity contribution is 0.346. The average molecular weight is 261 g/mol. The van der Waals surface area contributed by atoms with Gasteiger partial charge in [-0.3, -0.25) is 0 Å². The molecule has 1 aromatic carbocycles. The Labute approximate surface area is 112 Å². The molecule has 1 aromatic heterocycles. The number of nitrogens with two attached hydrogens (primary N) is 1. The van der Waals surface area contributed by atoms with E-state index in [4.69, 9.17) is 15.0 Å². The molecule has 2 N–H and O–H groups in total. The van der Waals surface area contributed by atoms with Gasteiger partial charge in [-0.25, -0.2) is 0 Å². The van der Waals surface area contributed by atoms with E-state index in [1.807, 2.05) is 24.3 Å². The van der Waals surface area contributed by atoms with Crippen LogP contribution in [0.5, 0.6) is 5.75 Å². The zero-order valence-electron chi connectivity index (χ0n) is 11.3. The summed E-state index contributed by atoms with van der Waals surface area (Å²) in [4.78, 5) is 4.35. The minimum atomic E-state index is -0.188. The van der Waals surface area contributed by atoms with Gasteiger partial charge >= 0.3 is 0 Å². The molecule has 19 heavy (non-hydrogen) atoms. The standard InChI is InChI=1S/C14H19N3O2/c1-3-4-8-12(15)14-16-13(17-19-14)10-6-5-7-11(9-10)18-2/h5-7,9,12H,3-4,8,15H2,1-2H3/t12-/m0/s1. The van der Waals surface area contributed by atoms with Gasteiger partial charge in [0.15, 0.2) is 0 Å². The summed E-state index contributed by atoms with van der Waals surface area (Å²) < 4.78 is 10.4. The van der Waals surface area contributed by atoms with Crippen molar-refractivity contribution >= 4 is 0 Å². The quantitative estimate of drug-likeness (QED) is 0.865. The van der Waals surface area contributed by atoms with Crippen molar-refractivity contribution in [3.63, 3.8) is 0 Å². The van der Waals surface area contributed by atoms with E-state index in [9.17, 15) is 0 Å². The highest BCUT2D eigenvalue weighted by molar-refractivity contribution is 5.56. The molecule has 102 valence electrons. The van der Waals surface area contributed by atoms with E-state index in [2.05, 4.69) is 17.1 Å². The average Bonchev–Trinajstić information content (AvgIpc) is 2.94. The maximum atomic E-state index is 6.01. The fraction of sp³-hybridized carbons (Fsp3) is 0.429. The van der Waals surface area contributed by atoms with Crippen LogP contribution in [0.25, 0.3) is 11.4 Å². The molecule has 0 saturated carbocycles. The highest BCUT2D eigenvalue weighted by Crippen LogP contribution is 2.23. The Morgan fingerprint density at radius 2 is 2.26 bits per heavy atom. The number of methoxy groups -OCH3 is 1. The highest BCUT2D eigenvalue weighted by Gasteiger charge is 2.15. The lowest BCUT2D eigenvalue weighted by Gasteiger charge is -2.03. The van der Waals surface area contributed by atoms with Gasteiger partial charge in [0.25, 0.3) is 0 Å². The molecule has 1 heterocycles. The van der Waals surface area contributed by atoms with Gasteiger partial charge in [0, 0.05) is 5.56 Å². The van der Waals surface area contributed by atoms with Gasteiger partial charge in [0.1, 0.15) is 5.75 Å². The number of nitrogens with zero attached hydrogens (tertiary/aromatic N) is 2. The van der Waals surface area contributed by atoms with Crippen LogP contribution in [0.3, 0.4) is 0 Å². The first-order valence-corrected chi connectivity index (χ1v) is 6.48. The van der Waals surface area contributed by atoms with Crippen LogP contribution in [0.1, 0.15) is 38.1 Å². The van der Waals surface area contributed by atoms with E-state index >= 15 is 0 Å². The molecule has 0 unspecified atom stereocenters. The van der Waals surface area contributed by atoms with Crippen LogP contribution in [-0.4, -0.2) is 17.3 Å². The van der Waals surface area contributed by atoms with E-state index < -0.39 is 0 Å². The predicted molar refractivity (Wildman–Crippen MR) is 72.7 cm³/mol. The van der Waals surface area contributed by atoms with Gasteiger partial charge in [-0.15, -0.1) is 0 Å². The smallest absolute Gasteiger partial charge is 0.243 e. The summed E-state index contributed by atoms with van der Waals surface area (Å²) in [7, 11) is 1.63. The Balaban J connectivity index is 2.15. The molecule has 0 radical (unpaired) electrons. The van der Waals surface area contributed by atoms with Crippen LogP contribution in [-0.2, 0) is 0 Å². The SMILES string of the molecule is CCCC[C@H](N)c1nc(-c2cccc(OC)c2)no1. The van der Waals surface area contributed by atoms with Crippen molar-refractivity contribution in [1.29, 1.82) is 0 Å². The van der Waals surface area contributed by atoms with Crippen LogP contribution >= 0.6 is 0 Å². The van der Waals surface area contributed by atoms with Gasteiger partial charge < -0.3 is 15.0 Å². The van der Waals surface area contributed by atoms with Crippen molar-refractivity contribution in [2.75, 3.05) is 7.11 Å². The number of hydrogen-bond acceptors (Lipinski definition) is 5. The summed E-state index contributed by atoms with van der Waals surface area (Å²) in [5.74, 6) is 1.80. The molecule has 0 spiro atoms. The summed E-state index contributed by atoms with van der Waals surface area (Å²) in [5.41, 5.74) is 6.87. The number of hydrogen-bond donors (Lipinski definition) is 1. The number of unbranched alkanes of at least 4 members (excludes halogenated alkanes) is 1. The van der Waals surface area contributed by atoms with E-state index in [0.29, 0.717) is 11.7 Å². The Hall–Kier alpha value is -1.88. The van der Waals surface area contributed by atoms with Crippen molar-refractivity contribution in [2.45, 2.75) is 32.2 Å². The Kier molecular flexibility index (Phi) is 4.52. The first-order chi connectivity index (χ1) is 9.24. The van der Waals surface area contributed by atoms with Gasteiger partial charge in [-0.05, 0) is 18.6 Å². The summed E-state index contributed by atoms with van der Waals surface area (Å²) in [5, 5.41) is 3.97. The Morgan fingerprint density at radius 3 is 3.00 bits per heavy atom. The van der Waals surface area contributed by atoms with Crippen LogP contribution in [0.2, 0.25) is 0 Å². The second-order valence-corrected chi connectivity index (χ2v) is 4.44. The zero-order chi connectivity index (χ0) is 13.7. The molecule has 0 aliphatic heterocycles.